The first-order chi connectivity index (χ1) is 16.0. The summed E-state index contributed by atoms with van der Waals surface area (Å²) in [5.74, 6) is 1.23. The van der Waals surface area contributed by atoms with Crippen LogP contribution in [0.25, 0.3) is 22.3 Å². The van der Waals surface area contributed by atoms with Gasteiger partial charge in [0.05, 0.1) is 22.7 Å². The number of aromatic nitrogens is 4. The van der Waals surface area contributed by atoms with E-state index in [-0.39, 0.29) is 10.9 Å². The van der Waals surface area contributed by atoms with Crippen LogP contribution < -0.4 is 10.2 Å². The first-order valence-corrected chi connectivity index (χ1v) is 10.8. The molecule has 0 spiro atoms. The van der Waals surface area contributed by atoms with Crippen LogP contribution in [0.3, 0.4) is 0 Å². The minimum absolute atomic E-state index is 0.000148. The molecule has 1 saturated heterocycles. The highest BCUT2D eigenvalue weighted by Gasteiger charge is 2.35. The van der Waals surface area contributed by atoms with Crippen LogP contribution in [0.1, 0.15) is 24.8 Å². The molecule has 0 bridgehead atoms. The lowest BCUT2D eigenvalue weighted by Gasteiger charge is -2.29. The molecule has 1 fully saturated rings. The molecule has 0 atom stereocenters. The highest BCUT2D eigenvalue weighted by molar-refractivity contribution is 5.94. The summed E-state index contributed by atoms with van der Waals surface area (Å²) in [5, 5.41) is 3.22. The van der Waals surface area contributed by atoms with Crippen LogP contribution in [0.5, 0.6) is 0 Å². The van der Waals surface area contributed by atoms with E-state index in [0.29, 0.717) is 36.1 Å². The van der Waals surface area contributed by atoms with E-state index in [0.717, 1.165) is 31.1 Å². The number of anilines is 3. The van der Waals surface area contributed by atoms with Crippen molar-refractivity contribution in [2.75, 3.05) is 23.3 Å². The lowest BCUT2D eigenvalue weighted by Crippen LogP contribution is -2.31. The van der Waals surface area contributed by atoms with Gasteiger partial charge in [0.25, 0.3) is 0 Å². The van der Waals surface area contributed by atoms with Crippen molar-refractivity contribution < 1.29 is 13.2 Å². The maximum atomic E-state index is 13.8. The standard InChI is InChI=1S/C24H21F3N6/c25-24(26,27)18-14-28-15-19-21(18)23(33-11-5-2-6-12-33)32-22(31-19)16-9-10-29-20(13-16)30-17-7-3-1-4-8-17/h1,3-4,7-10,13-15H,2,5-6,11-12H2,(H,29,30). The van der Waals surface area contributed by atoms with Gasteiger partial charge < -0.3 is 10.2 Å². The molecule has 1 N–H and O–H groups in total. The number of fused-ring (bicyclic) bond motifs is 1. The van der Waals surface area contributed by atoms with Crippen LogP contribution in [0.4, 0.5) is 30.5 Å². The van der Waals surface area contributed by atoms with E-state index in [4.69, 9.17) is 0 Å². The van der Waals surface area contributed by atoms with Gasteiger partial charge in [-0.1, -0.05) is 18.2 Å². The van der Waals surface area contributed by atoms with Gasteiger partial charge in [-0.05, 0) is 43.5 Å². The smallest absolute Gasteiger partial charge is 0.356 e. The van der Waals surface area contributed by atoms with Crippen molar-refractivity contribution >= 4 is 28.2 Å². The first-order valence-electron chi connectivity index (χ1n) is 10.8. The molecule has 1 aliphatic rings. The molecule has 5 rings (SSSR count). The van der Waals surface area contributed by atoms with E-state index in [1.54, 1.807) is 18.3 Å². The number of alkyl halides is 3. The highest BCUT2D eigenvalue weighted by atomic mass is 19.4. The van der Waals surface area contributed by atoms with Crippen molar-refractivity contribution in [3.8, 4) is 11.4 Å². The van der Waals surface area contributed by atoms with Crippen molar-refractivity contribution in [3.63, 3.8) is 0 Å². The van der Waals surface area contributed by atoms with Crippen molar-refractivity contribution in [1.82, 2.24) is 19.9 Å². The number of nitrogens with one attached hydrogen (secondary N) is 1. The molecule has 0 saturated carbocycles. The predicted octanol–water partition coefficient (Wildman–Crippen LogP) is 5.84. The Hall–Kier alpha value is -3.75. The Balaban J connectivity index is 1.63. The van der Waals surface area contributed by atoms with Gasteiger partial charge in [-0.2, -0.15) is 13.2 Å². The maximum absolute atomic E-state index is 13.8. The van der Waals surface area contributed by atoms with Crippen molar-refractivity contribution in [2.24, 2.45) is 0 Å². The third-order valence-electron chi connectivity index (χ3n) is 5.61. The van der Waals surface area contributed by atoms with Crippen LogP contribution in [0, 0.1) is 0 Å². The van der Waals surface area contributed by atoms with Gasteiger partial charge in [-0.25, -0.2) is 15.0 Å². The SMILES string of the molecule is FC(F)(F)c1cncc2nc(-c3ccnc(Nc4ccccc4)c3)nc(N3CCCCC3)c12. The topological polar surface area (TPSA) is 66.8 Å². The summed E-state index contributed by atoms with van der Waals surface area (Å²) in [4.78, 5) is 19.2. The first kappa shape index (κ1) is 21.1. The molecule has 0 aliphatic carbocycles. The lowest BCUT2D eigenvalue weighted by atomic mass is 10.1. The quantitative estimate of drug-likeness (QED) is 0.421. The Morgan fingerprint density at radius 2 is 1.70 bits per heavy atom. The number of hydrogen-bond donors (Lipinski definition) is 1. The van der Waals surface area contributed by atoms with Gasteiger partial charge in [-0.3, -0.25) is 4.98 Å². The molecule has 0 radical (unpaired) electrons. The normalized spacial score (nSPS) is 14.5. The van der Waals surface area contributed by atoms with E-state index >= 15 is 0 Å². The number of nitrogens with zero attached hydrogens (tertiary/aromatic N) is 5. The fourth-order valence-electron chi connectivity index (χ4n) is 4.05. The summed E-state index contributed by atoms with van der Waals surface area (Å²) in [7, 11) is 0. The maximum Gasteiger partial charge on any atom is 0.418 e. The second-order valence-electron chi connectivity index (χ2n) is 7.92. The fraction of sp³-hybridized carbons (Fsp3) is 0.250. The molecule has 0 amide bonds. The Labute approximate surface area is 188 Å². The van der Waals surface area contributed by atoms with Crippen LogP contribution in [-0.2, 0) is 6.18 Å². The third kappa shape index (κ3) is 4.44. The van der Waals surface area contributed by atoms with E-state index in [2.05, 4.69) is 25.3 Å². The largest absolute Gasteiger partial charge is 0.418 e. The number of halogens is 3. The van der Waals surface area contributed by atoms with Crippen LogP contribution in [0.2, 0.25) is 0 Å². The fourth-order valence-corrected chi connectivity index (χ4v) is 4.05. The Morgan fingerprint density at radius 1 is 0.909 bits per heavy atom. The van der Waals surface area contributed by atoms with Crippen molar-refractivity contribution in [3.05, 3.63) is 66.6 Å². The minimum Gasteiger partial charge on any atom is -0.356 e. The van der Waals surface area contributed by atoms with Crippen LogP contribution >= 0.6 is 0 Å². The summed E-state index contributed by atoms with van der Waals surface area (Å²) in [6, 6.07) is 13.1. The number of hydrogen-bond acceptors (Lipinski definition) is 6. The third-order valence-corrected chi connectivity index (χ3v) is 5.61. The number of pyridine rings is 2. The summed E-state index contributed by atoms with van der Waals surface area (Å²) in [6.45, 7) is 1.31. The molecule has 4 aromatic rings. The van der Waals surface area contributed by atoms with Gasteiger partial charge in [0.2, 0.25) is 0 Å². The van der Waals surface area contributed by atoms with Crippen LogP contribution in [0.15, 0.2) is 61.1 Å². The van der Waals surface area contributed by atoms with Gasteiger partial charge >= 0.3 is 6.18 Å². The van der Waals surface area contributed by atoms with E-state index in [1.165, 1.54) is 6.20 Å². The zero-order valence-electron chi connectivity index (χ0n) is 17.7. The molecule has 168 valence electrons. The molecule has 4 heterocycles. The number of para-hydroxylation sites is 1. The van der Waals surface area contributed by atoms with Crippen molar-refractivity contribution in [1.29, 1.82) is 0 Å². The van der Waals surface area contributed by atoms with E-state index < -0.39 is 11.7 Å². The Bertz CT molecular complexity index is 1270. The summed E-state index contributed by atoms with van der Waals surface area (Å²) >= 11 is 0. The second-order valence-corrected chi connectivity index (χ2v) is 7.92. The molecule has 6 nitrogen and oxygen atoms in total. The summed E-state index contributed by atoms with van der Waals surface area (Å²) in [5.41, 5.74) is 0.883. The summed E-state index contributed by atoms with van der Waals surface area (Å²) in [6.07, 6.45) is 2.17. The van der Waals surface area contributed by atoms with Crippen LogP contribution in [-0.4, -0.2) is 33.0 Å². The zero-order chi connectivity index (χ0) is 22.8. The van der Waals surface area contributed by atoms with Gasteiger partial charge in [0.1, 0.15) is 11.6 Å². The number of rotatable bonds is 4. The monoisotopic (exact) mass is 450 g/mol. The highest BCUT2D eigenvalue weighted by Crippen LogP contribution is 2.39. The average molecular weight is 450 g/mol. The Morgan fingerprint density at radius 3 is 2.45 bits per heavy atom. The minimum atomic E-state index is -4.55. The lowest BCUT2D eigenvalue weighted by molar-refractivity contribution is -0.136. The summed E-state index contributed by atoms with van der Waals surface area (Å²) < 4.78 is 41.5. The van der Waals surface area contributed by atoms with Gasteiger partial charge in [-0.15, -0.1) is 0 Å². The zero-order valence-corrected chi connectivity index (χ0v) is 17.7. The number of piperidine rings is 1. The molecule has 1 aliphatic heterocycles. The molecule has 33 heavy (non-hydrogen) atoms. The number of benzene rings is 1. The van der Waals surface area contributed by atoms with Gasteiger partial charge in [0.15, 0.2) is 5.82 Å². The molecule has 1 aromatic carbocycles. The molecule has 3 aromatic heterocycles. The average Bonchev–Trinajstić information content (AvgIpc) is 2.84. The van der Waals surface area contributed by atoms with E-state index in [1.807, 2.05) is 35.2 Å². The van der Waals surface area contributed by atoms with Gasteiger partial charge in [0, 0.05) is 36.7 Å². The Kier molecular flexibility index (Phi) is 5.53. The molecule has 0 unspecified atom stereocenters. The molecular formula is C24H21F3N6. The van der Waals surface area contributed by atoms with Crippen molar-refractivity contribution in [2.45, 2.75) is 25.4 Å². The van der Waals surface area contributed by atoms with E-state index in [9.17, 15) is 13.2 Å². The second kappa shape index (κ2) is 8.65. The molecular weight excluding hydrogens is 429 g/mol. The predicted molar refractivity (Wildman–Crippen MR) is 121 cm³/mol. The molecule has 9 heteroatoms.